The molecule has 0 fully saturated rings. The molecule has 3 aromatic carbocycles. The van der Waals surface area contributed by atoms with Gasteiger partial charge in [-0.3, -0.25) is 10.8 Å². The number of nitrogens with two attached hydrogens (primary N) is 2. The van der Waals surface area contributed by atoms with Crippen LogP contribution in [0.3, 0.4) is 0 Å². The third-order valence-electron chi connectivity index (χ3n) is 5.38. The zero-order chi connectivity index (χ0) is 24.4. The largest absolute Gasteiger partial charge is 0.508 e. The number of hydrogen-bond donors (Lipinski definition) is 6. The maximum absolute atomic E-state index is 13.4. The molecule has 0 radical (unpaired) electrons. The number of carbonyl (C=O) groups is 1. The second-order valence-electron chi connectivity index (χ2n) is 7.75. The van der Waals surface area contributed by atoms with Gasteiger partial charge in [-0.05, 0) is 42.0 Å². The average molecular weight is 457 g/mol. The minimum atomic E-state index is -1.23. The van der Waals surface area contributed by atoms with Crippen molar-refractivity contribution in [2.75, 3.05) is 0 Å². The van der Waals surface area contributed by atoms with Crippen LogP contribution in [-0.2, 0) is 4.74 Å². The first-order chi connectivity index (χ1) is 16.3. The van der Waals surface area contributed by atoms with Gasteiger partial charge < -0.3 is 31.0 Å². The summed E-state index contributed by atoms with van der Waals surface area (Å²) >= 11 is 0. The second kappa shape index (κ2) is 8.99. The Morgan fingerprint density at radius 3 is 2.06 bits per heavy atom. The summed E-state index contributed by atoms with van der Waals surface area (Å²) < 4.78 is 7.18. The maximum Gasteiger partial charge on any atom is 0.356 e. The van der Waals surface area contributed by atoms with Crippen LogP contribution < -0.4 is 11.5 Å². The standard InChI is InChI=1S/C25H23N5O4/c26-23(27)21(15-6-3-8-17(31)11-15)30-19-10-2-1-5-14(19)13-20(30)25(33)34-22(24(28)29)16-7-4-9-18(32)12-16/h1-13,21-22,31-32H,(H3,26,27)(H3,28,29). The first-order valence-corrected chi connectivity index (χ1v) is 10.3. The number of phenolic OH excluding ortho intramolecular Hbond substituents is 2. The molecule has 9 heteroatoms. The third-order valence-corrected chi connectivity index (χ3v) is 5.38. The predicted octanol–water partition coefficient (Wildman–Crippen LogP) is 3.41. The Balaban J connectivity index is 1.84. The van der Waals surface area contributed by atoms with Crippen molar-refractivity contribution in [1.29, 1.82) is 10.8 Å². The lowest BCUT2D eigenvalue weighted by Crippen LogP contribution is -2.31. The van der Waals surface area contributed by atoms with Gasteiger partial charge in [0.2, 0.25) is 0 Å². The zero-order valence-electron chi connectivity index (χ0n) is 18.0. The van der Waals surface area contributed by atoms with Crippen molar-refractivity contribution in [2.45, 2.75) is 12.1 Å². The van der Waals surface area contributed by atoms with Crippen LogP contribution in [0.25, 0.3) is 10.9 Å². The molecule has 9 nitrogen and oxygen atoms in total. The van der Waals surface area contributed by atoms with E-state index in [1.165, 1.54) is 24.3 Å². The molecule has 1 aromatic heterocycles. The van der Waals surface area contributed by atoms with Crippen LogP contribution in [-0.4, -0.2) is 32.4 Å². The van der Waals surface area contributed by atoms with Gasteiger partial charge in [-0.25, -0.2) is 4.79 Å². The van der Waals surface area contributed by atoms with E-state index in [9.17, 15) is 15.0 Å². The van der Waals surface area contributed by atoms with Crippen LogP contribution in [0.15, 0.2) is 78.9 Å². The van der Waals surface area contributed by atoms with Gasteiger partial charge in [-0.15, -0.1) is 0 Å². The number of para-hydroxylation sites is 1. The fourth-order valence-electron chi connectivity index (χ4n) is 3.94. The monoisotopic (exact) mass is 457 g/mol. The molecule has 0 aliphatic heterocycles. The number of aromatic nitrogens is 1. The molecule has 0 saturated heterocycles. The fourth-order valence-corrected chi connectivity index (χ4v) is 3.94. The molecule has 4 aromatic rings. The lowest BCUT2D eigenvalue weighted by Gasteiger charge is -2.23. The fraction of sp³-hybridized carbons (Fsp3) is 0.0800. The summed E-state index contributed by atoms with van der Waals surface area (Å²) in [7, 11) is 0. The first kappa shape index (κ1) is 22.4. The first-order valence-electron chi connectivity index (χ1n) is 10.3. The van der Waals surface area contributed by atoms with E-state index in [1.54, 1.807) is 53.1 Å². The Kier molecular flexibility index (Phi) is 5.92. The molecule has 8 N–H and O–H groups in total. The van der Waals surface area contributed by atoms with Gasteiger partial charge >= 0.3 is 5.97 Å². The molecule has 0 aliphatic rings. The molecule has 4 rings (SSSR count). The van der Waals surface area contributed by atoms with E-state index in [0.29, 0.717) is 22.0 Å². The number of rotatable bonds is 7. The number of amidine groups is 2. The Morgan fingerprint density at radius 1 is 0.824 bits per heavy atom. The minimum absolute atomic E-state index is 0.00938. The normalized spacial score (nSPS) is 12.7. The van der Waals surface area contributed by atoms with Crippen molar-refractivity contribution in [2.24, 2.45) is 11.5 Å². The average Bonchev–Trinajstić information content (AvgIpc) is 3.16. The summed E-state index contributed by atoms with van der Waals surface area (Å²) in [5, 5.41) is 36.7. The van der Waals surface area contributed by atoms with Gasteiger partial charge in [0.15, 0.2) is 6.10 Å². The number of hydrogen-bond acceptors (Lipinski definition) is 6. The highest BCUT2D eigenvalue weighted by Crippen LogP contribution is 2.31. The van der Waals surface area contributed by atoms with E-state index in [4.69, 9.17) is 27.0 Å². The smallest absolute Gasteiger partial charge is 0.356 e. The van der Waals surface area contributed by atoms with E-state index in [1.807, 2.05) is 6.07 Å². The van der Waals surface area contributed by atoms with E-state index in [0.717, 1.165) is 0 Å². The molecular weight excluding hydrogens is 434 g/mol. The Morgan fingerprint density at radius 2 is 1.44 bits per heavy atom. The van der Waals surface area contributed by atoms with Crippen molar-refractivity contribution in [3.63, 3.8) is 0 Å². The predicted molar refractivity (Wildman–Crippen MR) is 128 cm³/mol. The van der Waals surface area contributed by atoms with Crippen LogP contribution in [0.4, 0.5) is 0 Å². The summed E-state index contributed by atoms with van der Waals surface area (Å²) in [6.45, 7) is 0. The number of ether oxygens (including phenoxy) is 1. The minimum Gasteiger partial charge on any atom is -0.508 e. The van der Waals surface area contributed by atoms with Gasteiger partial charge in [-0.1, -0.05) is 42.5 Å². The number of phenols is 2. The summed E-state index contributed by atoms with van der Waals surface area (Å²) in [6.07, 6.45) is -1.23. The van der Waals surface area contributed by atoms with Gasteiger partial charge in [0.25, 0.3) is 0 Å². The van der Waals surface area contributed by atoms with Gasteiger partial charge in [0.1, 0.15) is 34.9 Å². The van der Waals surface area contributed by atoms with Crippen LogP contribution in [0.5, 0.6) is 11.5 Å². The molecule has 1 heterocycles. The van der Waals surface area contributed by atoms with Gasteiger partial charge in [0.05, 0.1) is 0 Å². The zero-order valence-corrected chi connectivity index (χ0v) is 18.0. The molecule has 0 amide bonds. The summed E-state index contributed by atoms with van der Waals surface area (Å²) in [5.41, 5.74) is 13.2. The molecule has 2 atom stereocenters. The summed E-state index contributed by atoms with van der Waals surface area (Å²) in [5.74, 6) is -1.54. The molecule has 2 unspecified atom stereocenters. The van der Waals surface area contributed by atoms with E-state index >= 15 is 0 Å². The van der Waals surface area contributed by atoms with Gasteiger partial charge in [-0.2, -0.15) is 0 Å². The number of nitrogens with one attached hydrogen (secondary N) is 2. The Labute approximate surface area is 194 Å². The maximum atomic E-state index is 13.4. The van der Waals surface area contributed by atoms with Gasteiger partial charge in [0, 0.05) is 16.5 Å². The highest BCUT2D eigenvalue weighted by molar-refractivity contribution is 5.99. The molecule has 0 aliphatic carbocycles. The van der Waals surface area contributed by atoms with Crippen LogP contribution >= 0.6 is 0 Å². The second-order valence-corrected chi connectivity index (χ2v) is 7.75. The topological polar surface area (TPSA) is 171 Å². The summed E-state index contributed by atoms with van der Waals surface area (Å²) in [6, 6.07) is 20.1. The van der Waals surface area contributed by atoms with E-state index in [-0.39, 0.29) is 23.0 Å². The van der Waals surface area contributed by atoms with Crippen molar-refractivity contribution in [3.8, 4) is 11.5 Å². The van der Waals surface area contributed by atoms with Crippen LogP contribution in [0.2, 0.25) is 0 Å². The molecule has 172 valence electrons. The van der Waals surface area contributed by atoms with E-state index in [2.05, 4.69) is 0 Å². The van der Waals surface area contributed by atoms with Crippen LogP contribution in [0, 0.1) is 10.8 Å². The molecule has 0 bridgehead atoms. The summed E-state index contributed by atoms with van der Waals surface area (Å²) in [4.78, 5) is 13.4. The van der Waals surface area contributed by atoms with Crippen LogP contribution in [0.1, 0.15) is 33.8 Å². The molecular formula is C25H23N5O4. The van der Waals surface area contributed by atoms with Crippen molar-refractivity contribution >= 4 is 28.5 Å². The number of fused-ring (bicyclic) bond motifs is 1. The number of nitrogens with zero attached hydrogens (tertiary/aromatic N) is 1. The molecule has 0 saturated carbocycles. The quantitative estimate of drug-likeness (QED) is 0.141. The molecule has 34 heavy (non-hydrogen) atoms. The number of aromatic hydroxyl groups is 2. The third kappa shape index (κ3) is 4.26. The SMILES string of the molecule is N=C(N)C(OC(=O)c1cc2ccccc2n1C(C(=N)N)c1cccc(O)c1)c1cccc(O)c1. The van der Waals surface area contributed by atoms with Crippen molar-refractivity contribution in [1.82, 2.24) is 4.57 Å². The number of esters is 1. The lowest BCUT2D eigenvalue weighted by atomic mass is 10.0. The highest BCUT2D eigenvalue weighted by atomic mass is 16.5. The number of carbonyl (C=O) groups excluding carboxylic acids is 1. The molecule has 0 spiro atoms. The van der Waals surface area contributed by atoms with E-state index < -0.39 is 24.0 Å². The Hall–Kier alpha value is -4.79. The number of benzene rings is 3. The van der Waals surface area contributed by atoms with Crippen molar-refractivity contribution in [3.05, 3.63) is 95.7 Å². The Bertz CT molecular complexity index is 1410. The van der Waals surface area contributed by atoms with Crippen molar-refractivity contribution < 1.29 is 19.7 Å². The highest BCUT2D eigenvalue weighted by Gasteiger charge is 2.29. The lowest BCUT2D eigenvalue weighted by molar-refractivity contribution is 0.0407.